The highest BCUT2D eigenvalue weighted by Crippen LogP contribution is 2.54. The molecule has 2 aliphatic rings. The van der Waals surface area contributed by atoms with Crippen LogP contribution in [-0.2, 0) is 21.7 Å². The van der Waals surface area contributed by atoms with Gasteiger partial charge in [0.05, 0.1) is 11.4 Å². The molecule has 11 rings (SSSR count). The van der Waals surface area contributed by atoms with Crippen molar-refractivity contribution >= 4 is 96.2 Å². The molecule has 0 spiro atoms. The van der Waals surface area contributed by atoms with E-state index in [1.807, 2.05) is 0 Å². The minimum atomic E-state index is -0.175. The average Bonchev–Trinajstić information content (AvgIpc) is 3.71. The first-order valence-corrected chi connectivity index (χ1v) is 25.2. The Hall–Kier alpha value is -6.98. The first kappa shape index (κ1) is 45.5. The smallest absolute Gasteiger partial charge is 0.252 e. The van der Waals surface area contributed by atoms with E-state index in [2.05, 4.69) is 269 Å². The number of furan rings is 1. The Bertz CT molecular complexity index is 3370. The summed E-state index contributed by atoms with van der Waals surface area (Å²) in [7, 11) is 0. The Morgan fingerprint density at radius 3 is 1.33 bits per heavy atom. The zero-order valence-corrected chi connectivity index (χ0v) is 43.4. The van der Waals surface area contributed by atoms with Crippen LogP contribution in [0.2, 0.25) is 0 Å². The average molecular weight is 916 g/mol. The molecule has 0 unspecified atom stereocenters. The Kier molecular flexibility index (Phi) is 10.4. The van der Waals surface area contributed by atoms with Crippen molar-refractivity contribution in [2.45, 2.75) is 112 Å². The molecule has 0 N–H and O–H groups in total. The summed E-state index contributed by atoms with van der Waals surface area (Å²) in [5.74, 6) is 0. The van der Waals surface area contributed by atoms with Gasteiger partial charge in [0.2, 0.25) is 0 Å². The third-order valence-electron chi connectivity index (χ3n) is 14.8. The minimum absolute atomic E-state index is 0.0586. The van der Waals surface area contributed by atoms with Crippen molar-refractivity contribution in [3.63, 3.8) is 0 Å². The number of rotatable bonds is 5. The topological polar surface area (TPSA) is 22.9 Å². The molecular formula is C65H66BN3O. The number of hydrogen-bond acceptors (Lipinski definition) is 4. The monoisotopic (exact) mass is 916 g/mol. The zero-order chi connectivity index (χ0) is 49.2. The lowest BCUT2D eigenvalue weighted by atomic mass is 9.33. The molecule has 0 atom stereocenters. The summed E-state index contributed by atoms with van der Waals surface area (Å²) < 4.78 is 7.06. The largest absolute Gasteiger partial charge is 0.454 e. The van der Waals surface area contributed by atoms with Gasteiger partial charge in [0.15, 0.2) is 5.58 Å². The number of para-hydroxylation sites is 7. The van der Waals surface area contributed by atoms with Crippen LogP contribution in [0.4, 0.5) is 51.2 Å². The van der Waals surface area contributed by atoms with Crippen molar-refractivity contribution in [1.82, 2.24) is 0 Å². The summed E-state index contributed by atoms with van der Waals surface area (Å²) in [6, 6.07) is 61.5. The van der Waals surface area contributed by atoms with E-state index < -0.39 is 0 Å². The summed E-state index contributed by atoms with van der Waals surface area (Å²) in [6.45, 7) is 30.4. The first-order valence-electron chi connectivity index (χ1n) is 25.2. The SMILES string of the molecule is Cc1cccc2c1oc1c(N(c3ccccc3)c3cc4c5c(c3)N(c3ccccc3C(C)(C)C)c3c(cccc3C(C)(C)C)B5c3cccc(C(C)(C)C)c3N4c3ccccc3C(C)(C)C)cccc12. The van der Waals surface area contributed by atoms with E-state index in [0.29, 0.717) is 0 Å². The molecule has 0 saturated heterocycles. The van der Waals surface area contributed by atoms with Crippen molar-refractivity contribution in [2.75, 3.05) is 14.7 Å². The molecule has 0 fully saturated rings. The van der Waals surface area contributed by atoms with Gasteiger partial charge in [-0.15, -0.1) is 0 Å². The van der Waals surface area contributed by atoms with Crippen molar-refractivity contribution in [1.29, 1.82) is 0 Å². The van der Waals surface area contributed by atoms with Crippen molar-refractivity contribution in [3.05, 3.63) is 192 Å². The van der Waals surface area contributed by atoms with Gasteiger partial charge in [0.25, 0.3) is 6.71 Å². The van der Waals surface area contributed by atoms with Gasteiger partial charge < -0.3 is 19.1 Å². The zero-order valence-electron chi connectivity index (χ0n) is 43.4. The van der Waals surface area contributed by atoms with E-state index >= 15 is 0 Å². The quantitative estimate of drug-likeness (QED) is 0.161. The van der Waals surface area contributed by atoms with Crippen LogP contribution in [-0.4, -0.2) is 6.71 Å². The van der Waals surface area contributed by atoms with Crippen LogP contribution in [0.1, 0.15) is 111 Å². The number of fused-ring (bicyclic) bond motifs is 7. The fraction of sp³-hybridized carbons (Fsp3) is 0.262. The van der Waals surface area contributed by atoms with E-state index in [-0.39, 0.29) is 28.4 Å². The summed E-state index contributed by atoms with van der Waals surface area (Å²) >= 11 is 0. The molecule has 350 valence electrons. The fourth-order valence-corrected chi connectivity index (χ4v) is 11.7. The van der Waals surface area contributed by atoms with Crippen LogP contribution in [0, 0.1) is 6.92 Å². The van der Waals surface area contributed by atoms with E-state index in [4.69, 9.17) is 4.42 Å². The molecule has 0 radical (unpaired) electrons. The standard InChI is InChI=1S/C65H66BN3O/c1-41-25-21-28-44-45-29-22-38-54(61(45)70-60(41)44)67(42-26-15-14-16-27-42)43-39-55-57-56(40-43)69(53-37-20-18-31-47(53)63(5,6)7)59-49(65(11,12)13)33-24-35-51(59)66(57)50-34-23-32-48(64(8,9)10)58(50)68(55)52-36-19-17-30-46(52)62(2,3)4/h14-40H,1-13H3. The highest BCUT2D eigenvalue weighted by Gasteiger charge is 2.48. The van der Waals surface area contributed by atoms with Gasteiger partial charge in [-0.05, 0) is 115 Å². The third-order valence-corrected chi connectivity index (χ3v) is 14.8. The van der Waals surface area contributed by atoms with Crippen LogP contribution >= 0.6 is 0 Å². The predicted molar refractivity (Wildman–Crippen MR) is 302 cm³/mol. The lowest BCUT2D eigenvalue weighted by Gasteiger charge is -2.48. The molecule has 9 aromatic rings. The van der Waals surface area contributed by atoms with Gasteiger partial charge in [0, 0.05) is 50.6 Å². The number of nitrogens with zero attached hydrogens (tertiary/aromatic N) is 3. The summed E-state index contributed by atoms with van der Waals surface area (Å²) in [6.07, 6.45) is 0. The van der Waals surface area contributed by atoms with Gasteiger partial charge in [-0.25, -0.2) is 0 Å². The number of anilines is 9. The van der Waals surface area contributed by atoms with Gasteiger partial charge in [-0.3, -0.25) is 0 Å². The Morgan fingerprint density at radius 1 is 0.400 bits per heavy atom. The van der Waals surface area contributed by atoms with Crippen LogP contribution in [0.25, 0.3) is 21.9 Å². The normalized spacial score (nSPS) is 13.7. The van der Waals surface area contributed by atoms with Crippen LogP contribution < -0.4 is 31.1 Å². The van der Waals surface area contributed by atoms with Crippen molar-refractivity contribution in [2.24, 2.45) is 0 Å². The lowest BCUT2D eigenvalue weighted by Crippen LogP contribution is -2.62. The molecule has 4 nitrogen and oxygen atoms in total. The molecule has 1 aromatic heterocycles. The number of benzene rings is 8. The second-order valence-electron chi connectivity index (χ2n) is 23.9. The van der Waals surface area contributed by atoms with Crippen molar-refractivity contribution in [3.8, 4) is 0 Å². The molecule has 0 aliphatic carbocycles. The Labute approximate surface area is 416 Å². The number of aryl methyl sites for hydroxylation is 1. The number of hydrogen-bond donors (Lipinski definition) is 0. The van der Waals surface area contributed by atoms with Crippen LogP contribution in [0.3, 0.4) is 0 Å². The maximum Gasteiger partial charge on any atom is 0.252 e. The molecule has 0 saturated carbocycles. The molecule has 70 heavy (non-hydrogen) atoms. The van der Waals surface area contributed by atoms with E-state index in [0.717, 1.165) is 44.6 Å². The maximum absolute atomic E-state index is 7.06. The van der Waals surface area contributed by atoms with Crippen molar-refractivity contribution < 1.29 is 4.42 Å². The Morgan fingerprint density at radius 2 is 0.829 bits per heavy atom. The Balaban J connectivity index is 1.36. The summed E-state index contributed by atoms with van der Waals surface area (Å²) in [4.78, 5) is 7.77. The second-order valence-corrected chi connectivity index (χ2v) is 23.9. The molecule has 8 aromatic carbocycles. The van der Waals surface area contributed by atoms with E-state index in [1.165, 1.54) is 72.8 Å². The van der Waals surface area contributed by atoms with Gasteiger partial charge in [-0.1, -0.05) is 204 Å². The highest BCUT2D eigenvalue weighted by molar-refractivity contribution is 7.00. The van der Waals surface area contributed by atoms with E-state index in [9.17, 15) is 0 Å². The van der Waals surface area contributed by atoms with Gasteiger partial charge in [-0.2, -0.15) is 0 Å². The van der Waals surface area contributed by atoms with E-state index in [1.54, 1.807) is 0 Å². The second kappa shape index (κ2) is 16.0. The molecule has 5 heteroatoms. The van der Waals surface area contributed by atoms with Crippen LogP contribution in [0.5, 0.6) is 0 Å². The molecule has 0 bridgehead atoms. The molecular weight excluding hydrogens is 850 g/mol. The fourth-order valence-electron chi connectivity index (χ4n) is 11.7. The predicted octanol–water partition coefficient (Wildman–Crippen LogP) is 16.6. The molecule has 0 amide bonds. The lowest BCUT2D eigenvalue weighted by molar-refractivity contribution is 0.587. The summed E-state index contributed by atoms with van der Waals surface area (Å²) in [5, 5.41) is 2.23. The highest BCUT2D eigenvalue weighted by atomic mass is 16.3. The van der Waals surface area contributed by atoms with Gasteiger partial charge in [0.1, 0.15) is 5.58 Å². The molecule has 3 heterocycles. The third kappa shape index (κ3) is 7.18. The summed E-state index contributed by atoms with van der Waals surface area (Å²) in [5.41, 5.74) is 21.8. The first-order chi connectivity index (χ1) is 33.2. The van der Waals surface area contributed by atoms with Crippen LogP contribution in [0.15, 0.2) is 168 Å². The minimum Gasteiger partial charge on any atom is -0.454 e. The van der Waals surface area contributed by atoms with Gasteiger partial charge >= 0.3 is 0 Å². The molecule has 2 aliphatic heterocycles. The maximum atomic E-state index is 7.06.